The molecule has 1 amide bonds. The van der Waals surface area contributed by atoms with E-state index in [0.29, 0.717) is 19.7 Å². The van der Waals surface area contributed by atoms with Crippen LogP contribution in [0.15, 0.2) is 83.7 Å². The summed E-state index contributed by atoms with van der Waals surface area (Å²) in [4.78, 5) is 32.3. The van der Waals surface area contributed by atoms with E-state index >= 15 is 0 Å². The summed E-state index contributed by atoms with van der Waals surface area (Å²) in [7, 11) is 0. The highest BCUT2D eigenvalue weighted by atomic mass is 35.5. The third-order valence-electron chi connectivity index (χ3n) is 7.12. The second-order valence-electron chi connectivity index (χ2n) is 9.83. The van der Waals surface area contributed by atoms with Crippen molar-refractivity contribution in [2.75, 3.05) is 26.2 Å². The number of carbonyl (C=O) groups is 1. The van der Waals surface area contributed by atoms with Gasteiger partial charge >= 0.3 is 11.8 Å². The molecule has 5 rings (SSSR count). The van der Waals surface area contributed by atoms with E-state index < -0.39 is 0 Å². The van der Waals surface area contributed by atoms with Crippen LogP contribution in [0.5, 0.6) is 0 Å². The standard InChI is InChI=1S/C30H33ClN4O3/c31-25-13-11-24(12-14-25)22-33(21-23-7-2-1-3-8-23)17-6-20-38-30(37)34-18-15-26(16-19-34)35-28-10-5-4-9-27(28)32-29(35)36/h1-5,7-14,26H,6,15-22H2,(H,32,36). The van der Waals surface area contributed by atoms with Gasteiger partial charge in [-0.2, -0.15) is 0 Å². The normalized spacial score (nSPS) is 14.3. The molecule has 38 heavy (non-hydrogen) atoms. The lowest BCUT2D eigenvalue weighted by Gasteiger charge is -2.32. The minimum absolute atomic E-state index is 0.0714. The first kappa shape index (κ1) is 26.1. The molecule has 1 aromatic heterocycles. The minimum atomic E-state index is -0.276. The lowest BCUT2D eigenvalue weighted by molar-refractivity contribution is 0.0841. The summed E-state index contributed by atoms with van der Waals surface area (Å²) in [5.74, 6) is 0. The average Bonchev–Trinajstić information content (AvgIpc) is 3.28. The van der Waals surface area contributed by atoms with Gasteiger partial charge in [0.2, 0.25) is 0 Å². The number of rotatable bonds is 9. The maximum atomic E-state index is 12.7. The topological polar surface area (TPSA) is 70.6 Å². The molecule has 3 aromatic carbocycles. The molecule has 1 saturated heterocycles. The summed E-state index contributed by atoms with van der Waals surface area (Å²) in [6.07, 6.45) is 1.92. The number of fused-ring (bicyclic) bond motifs is 1. The molecule has 2 heterocycles. The fourth-order valence-electron chi connectivity index (χ4n) is 5.19. The molecule has 0 unspecified atom stereocenters. The molecule has 198 valence electrons. The smallest absolute Gasteiger partial charge is 0.409 e. The van der Waals surface area contributed by atoms with E-state index in [-0.39, 0.29) is 17.8 Å². The van der Waals surface area contributed by atoms with E-state index in [1.54, 1.807) is 4.90 Å². The van der Waals surface area contributed by atoms with Crippen LogP contribution in [0.25, 0.3) is 11.0 Å². The van der Waals surface area contributed by atoms with Gasteiger partial charge in [0.25, 0.3) is 0 Å². The van der Waals surface area contributed by atoms with Crippen LogP contribution in [-0.4, -0.2) is 51.7 Å². The van der Waals surface area contributed by atoms with Crippen molar-refractivity contribution in [1.82, 2.24) is 19.4 Å². The molecule has 1 fully saturated rings. The number of para-hydroxylation sites is 2. The first-order valence-electron chi connectivity index (χ1n) is 13.2. The van der Waals surface area contributed by atoms with E-state index in [1.165, 1.54) is 11.1 Å². The van der Waals surface area contributed by atoms with E-state index in [9.17, 15) is 9.59 Å². The van der Waals surface area contributed by atoms with Crippen molar-refractivity contribution in [3.05, 3.63) is 105 Å². The van der Waals surface area contributed by atoms with Crippen molar-refractivity contribution in [3.63, 3.8) is 0 Å². The maximum Gasteiger partial charge on any atom is 0.409 e. The SMILES string of the molecule is O=C(OCCCN(Cc1ccccc1)Cc1ccc(Cl)cc1)N1CCC(n2c(=O)[nH]c3ccccc32)CC1. The van der Waals surface area contributed by atoms with Crippen molar-refractivity contribution >= 4 is 28.7 Å². The van der Waals surface area contributed by atoms with Crippen LogP contribution in [0, 0.1) is 0 Å². The van der Waals surface area contributed by atoms with E-state index in [4.69, 9.17) is 16.3 Å². The molecule has 1 aliphatic rings. The number of imidazole rings is 1. The number of aromatic nitrogens is 2. The molecule has 1 aliphatic heterocycles. The van der Waals surface area contributed by atoms with Gasteiger partial charge in [-0.1, -0.05) is 66.2 Å². The van der Waals surface area contributed by atoms with Crippen molar-refractivity contribution in [3.8, 4) is 0 Å². The fraction of sp³-hybridized carbons (Fsp3) is 0.333. The molecule has 4 aromatic rings. The first-order valence-corrected chi connectivity index (χ1v) is 13.6. The van der Waals surface area contributed by atoms with Crippen LogP contribution < -0.4 is 5.69 Å². The molecule has 0 spiro atoms. The van der Waals surface area contributed by atoms with Crippen LogP contribution in [-0.2, 0) is 17.8 Å². The molecular formula is C30H33ClN4O3. The Morgan fingerprint density at radius 1 is 0.921 bits per heavy atom. The molecule has 0 aliphatic carbocycles. The average molecular weight is 533 g/mol. The molecular weight excluding hydrogens is 500 g/mol. The number of amides is 1. The molecule has 0 bridgehead atoms. The van der Waals surface area contributed by atoms with Gasteiger partial charge in [0.05, 0.1) is 17.6 Å². The zero-order chi connectivity index (χ0) is 26.3. The Kier molecular flexibility index (Phi) is 8.46. The van der Waals surface area contributed by atoms with E-state index in [0.717, 1.165) is 55.0 Å². The van der Waals surface area contributed by atoms with Gasteiger partial charge in [0.15, 0.2) is 0 Å². The summed E-state index contributed by atoms with van der Waals surface area (Å²) >= 11 is 6.06. The zero-order valence-electron chi connectivity index (χ0n) is 21.4. The van der Waals surface area contributed by atoms with Crippen molar-refractivity contribution in [1.29, 1.82) is 0 Å². The largest absolute Gasteiger partial charge is 0.449 e. The second-order valence-corrected chi connectivity index (χ2v) is 10.3. The molecule has 8 heteroatoms. The van der Waals surface area contributed by atoms with Gasteiger partial charge in [-0.3, -0.25) is 9.47 Å². The summed E-state index contributed by atoms with van der Waals surface area (Å²) in [5.41, 5.74) is 4.11. The van der Waals surface area contributed by atoms with E-state index in [2.05, 4.69) is 34.1 Å². The molecule has 0 radical (unpaired) electrons. The zero-order valence-corrected chi connectivity index (χ0v) is 22.1. The Morgan fingerprint density at radius 3 is 2.32 bits per heavy atom. The number of piperidine rings is 1. The van der Waals surface area contributed by atoms with Crippen molar-refractivity contribution in [2.24, 2.45) is 0 Å². The van der Waals surface area contributed by atoms with Crippen molar-refractivity contribution in [2.45, 2.75) is 38.4 Å². The van der Waals surface area contributed by atoms with Gasteiger partial charge in [-0.25, -0.2) is 9.59 Å². The number of H-pyrrole nitrogens is 1. The lowest BCUT2D eigenvalue weighted by atomic mass is 10.0. The van der Waals surface area contributed by atoms with E-state index in [1.807, 2.05) is 59.2 Å². The van der Waals surface area contributed by atoms with Crippen LogP contribution in [0.3, 0.4) is 0 Å². The van der Waals surface area contributed by atoms with Gasteiger partial charge < -0.3 is 14.6 Å². The number of hydrogen-bond acceptors (Lipinski definition) is 4. The van der Waals surface area contributed by atoms with Gasteiger partial charge in [0, 0.05) is 43.8 Å². The predicted molar refractivity (Wildman–Crippen MR) is 150 cm³/mol. The van der Waals surface area contributed by atoms with Gasteiger partial charge in [-0.15, -0.1) is 0 Å². The molecule has 0 atom stereocenters. The number of benzene rings is 3. The Morgan fingerprint density at radius 2 is 1.58 bits per heavy atom. The Hall–Kier alpha value is -3.55. The van der Waals surface area contributed by atoms with Gasteiger partial charge in [-0.05, 0) is 54.7 Å². The summed E-state index contributed by atoms with van der Waals surface area (Å²) < 4.78 is 7.47. The Labute approximate surface area is 227 Å². The Balaban J connectivity index is 1.10. The maximum absolute atomic E-state index is 12.7. The highest BCUT2D eigenvalue weighted by Crippen LogP contribution is 2.25. The number of ether oxygens (including phenoxy) is 1. The predicted octanol–water partition coefficient (Wildman–Crippen LogP) is 5.85. The van der Waals surface area contributed by atoms with Gasteiger partial charge in [0.1, 0.15) is 0 Å². The number of carbonyl (C=O) groups excluding carboxylic acids is 1. The van der Waals surface area contributed by atoms with Crippen molar-refractivity contribution < 1.29 is 9.53 Å². The number of hydrogen-bond donors (Lipinski definition) is 1. The molecule has 7 nitrogen and oxygen atoms in total. The second kappa shape index (κ2) is 12.3. The summed E-state index contributed by atoms with van der Waals surface area (Å²) in [6.45, 7) is 3.93. The number of halogens is 1. The monoisotopic (exact) mass is 532 g/mol. The third kappa shape index (κ3) is 6.47. The Bertz CT molecular complexity index is 1390. The number of nitrogens with one attached hydrogen (secondary N) is 1. The quantitative estimate of drug-likeness (QED) is 0.274. The van der Waals surface area contributed by atoms with Crippen LogP contribution >= 0.6 is 11.6 Å². The molecule has 0 saturated carbocycles. The minimum Gasteiger partial charge on any atom is -0.449 e. The summed E-state index contributed by atoms with van der Waals surface area (Å²) in [5, 5.41) is 0.729. The van der Waals surface area contributed by atoms with Crippen LogP contribution in [0.1, 0.15) is 36.4 Å². The molecule has 1 N–H and O–H groups in total. The third-order valence-corrected chi connectivity index (χ3v) is 7.38. The summed E-state index contributed by atoms with van der Waals surface area (Å²) in [6, 6.07) is 26.1. The number of likely N-dealkylation sites (tertiary alicyclic amines) is 1. The lowest BCUT2D eigenvalue weighted by Crippen LogP contribution is -2.41. The van der Waals surface area contributed by atoms with Crippen LogP contribution in [0.4, 0.5) is 4.79 Å². The fourth-order valence-corrected chi connectivity index (χ4v) is 5.31. The van der Waals surface area contributed by atoms with Crippen LogP contribution in [0.2, 0.25) is 5.02 Å². The highest BCUT2D eigenvalue weighted by molar-refractivity contribution is 6.30. The first-order chi connectivity index (χ1) is 18.6. The number of aromatic amines is 1. The number of nitrogens with zero attached hydrogens (tertiary/aromatic N) is 3. The highest BCUT2D eigenvalue weighted by Gasteiger charge is 2.26.